The van der Waals surface area contributed by atoms with Gasteiger partial charge in [0.2, 0.25) is 0 Å². The van der Waals surface area contributed by atoms with E-state index in [1.165, 1.54) is 12.1 Å². The van der Waals surface area contributed by atoms with Crippen LogP contribution >= 0.6 is 15.9 Å². The van der Waals surface area contributed by atoms with Gasteiger partial charge in [0.05, 0.1) is 16.9 Å². The van der Waals surface area contributed by atoms with Crippen molar-refractivity contribution < 1.29 is 14.3 Å². The number of anilines is 2. The lowest BCUT2D eigenvalue weighted by Gasteiger charge is -2.14. The predicted molar refractivity (Wildman–Crippen MR) is 94.6 cm³/mol. The average Bonchev–Trinajstić information content (AvgIpc) is 2.58. The molecule has 0 saturated heterocycles. The van der Waals surface area contributed by atoms with Crippen LogP contribution in [0.2, 0.25) is 0 Å². The molecule has 0 saturated carbocycles. The first-order valence-electron chi connectivity index (χ1n) is 7.11. The summed E-state index contributed by atoms with van der Waals surface area (Å²) in [6.45, 7) is 0. The minimum Gasteiger partial charge on any atom is -0.476 e. The Labute approximate surface area is 149 Å². The Bertz CT molecular complexity index is 1010. The van der Waals surface area contributed by atoms with Crippen molar-refractivity contribution in [2.75, 3.05) is 5.32 Å². The van der Waals surface area contributed by atoms with Gasteiger partial charge in [-0.1, -0.05) is 46.3 Å². The molecule has 126 valence electrons. The molecule has 25 heavy (non-hydrogen) atoms. The van der Waals surface area contributed by atoms with Crippen molar-refractivity contribution in [1.29, 1.82) is 0 Å². The largest absolute Gasteiger partial charge is 0.476 e. The van der Waals surface area contributed by atoms with E-state index in [-0.39, 0.29) is 16.9 Å². The fraction of sp³-hybridized carbons (Fsp3) is 0. The van der Waals surface area contributed by atoms with Crippen LogP contribution < -0.4 is 10.9 Å². The van der Waals surface area contributed by atoms with Crippen LogP contribution in [0.5, 0.6) is 0 Å². The Balaban J connectivity index is 2.24. The molecule has 6 nitrogen and oxygen atoms in total. The highest BCUT2D eigenvalue weighted by Gasteiger charge is 2.21. The van der Waals surface area contributed by atoms with Crippen molar-refractivity contribution in [3.05, 3.63) is 74.9 Å². The number of carboxylic acids is 1. The summed E-state index contributed by atoms with van der Waals surface area (Å²) in [5, 5.41) is 17.8. The predicted octanol–water partition coefficient (Wildman–Crippen LogP) is 3.78. The molecule has 3 N–H and O–H groups in total. The quantitative estimate of drug-likeness (QED) is 0.615. The number of aromatic carboxylic acids is 1. The molecule has 1 aromatic heterocycles. The smallest absolute Gasteiger partial charge is 0.358 e. The van der Waals surface area contributed by atoms with E-state index in [9.17, 15) is 19.1 Å². The maximum atomic E-state index is 14.2. The van der Waals surface area contributed by atoms with Crippen LogP contribution in [-0.4, -0.2) is 21.3 Å². The molecule has 0 atom stereocenters. The highest BCUT2D eigenvalue weighted by atomic mass is 79.9. The molecule has 3 rings (SSSR count). The van der Waals surface area contributed by atoms with E-state index in [1.807, 2.05) is 0 Å². The second-order valence-electron chi connectivity index (χ2n) is 5.07. The zero-order valence-electron chi connectivity index (χ0n) is 12.6. The third kappa shape index (κ3) is 3.43. The summed E-state index contributed by atoms with van der Waals surface area (Å²) in [4.78, 5) is 23.8. The van der Waals surface area contributed by atoms with Gasteiger partial charge in [0.15, 0.2) is 5.69 Å². The lowest BCUT2D eigenvalue weighted by molar-refractivity contribution is 0.0690. The SMILES string of the molecule is O=C(O)c1n[nH]c(=O)c(-c2ccccc2)c1Nc1ccc(Br)cc1F. The van der Waals surface area contributed by atoms with E-state index in [2.05, 4.69) is 31.4 Å². The Hall–Kier alpha value is -3.00. The van der Waals surface area contributed by atoms with Crippen molar-refractivity contribution in [3.8, 4) is 11.1 Å². The van der Waals surface area contributed by atoms with Gasteiger partial charge in [0.25, 0.3) is 5.56 Å². The molecule has 1 heterocycles. The molecule has 0 amide bonds. The Morgan fingerprint density at radius 1 is 1.20 bits per heavy atom. The van der Waals surface area contributed by atoms with Crippen LogP contribution in [0.15, 0.2) is 57.8 Å². The monoisotopic (exact) mass is 403 g/mol. The fourth-order valence-corrected chi connectivity index (χ4v) is 2.67. The summed E-state index contributed by atoms with van der Waals surface area (Å²) in [6, 6.07) is 12.7. The molecule has 0 fully saturated rings. The van der Waals surface area contributed by atoms with E-state index < -0.39 is 23.0 Å². The molecule has 2 aromatic carbocycles. The molecule has 0 aliphatic rings. The van der Waals surface area contributed by atoms with Gasteiger partial charge in [0.1, 0.15) is 5.82 Å². The number of halogens is 2. The molecule has 0 aliphatic heterocycles. The summed E-state index contributed by atoms with van der Waals surface area (Å²) in [7, 11) is 0. The van der Waals surface area contributed by atoms with Gasteiger partial charge in [-0.25, -0.2) is 14.3 Å². The van der Waals surface area contributed by atoms with Crippen molar-refractivity contribution in [2.45, 2.75) is 0 Å². The minimum atomic E-state index is -1.35. The van der Waals surface area contributed by atoms with Gasteiger partial charge in [-0.05, 0) is 23.8 Å². The van der Waals surface area contributed by atoms with Gasteiger partial charge in [-0.2, -0.15) is 5.10 Å². The van der Waals surface area contributed by atoms with Gasteiger partial charge in [-0.15, -0.1) is 0 Å². The standard InChI is InChI=1S/C17H11BrFN3O3/c18-10-6-7-12(11(19)8-10)20-14-13(9-4-2-1-3-5-9)16(23)22-21-15(14)17(24)25/h1-8H,(H,24,25)(H2,20,22,23). The normalized spacial score (nSPS) is 10.5. The Kier molecular flexibility index (Phi) is 4.62. The summed E-state index contributed by atoms with van der Waals surface area (Å²) >= 11 is 3.15. The van der Waals surface area contributed by atoms with E-state index in [0.717, 1.165) is 0 Å². The molecule has 3 aromatic rings. The van der Waals surface area contributed by atoms with Crippen molar-refractivity contribution in [1.82, 2.24) is 10.2 Å². The van der Waals surface area contributed by atoms with Gasteiger partial charge < -0.3 is 10.4 Å². The third-order valence-corrected chi connectivity index (χ3v) is 3.93. The van der Waals surface area contributed by atoms with E-state index in [1.54, 1.807) is 36.4 Å². The number of hydrogen-bond donors (Lipinski definition) is 3. The topological polar surface area (TPSA) is 95.1 Å². The molecule has 0 aliphatic carbocycles. The van der Waals surface area contributed by atoms with Crippen LogP contribution in [0.3, 0.4) is 0 Å². The lowest BCUT2D eigenvalue weighted by Crippen LogP contribution is -2.19. The van der Waals surface area contributed by atoms with Gasteiger partial charge in [-0.3, -0.25) is 4.79 Å². The first kappa shape index (κ1) is 16.8. The number of benzene rings is 2. The molecule has 0 unspecified atom stereocenters. The number of H-pyrrole nitrogens is 1. The van der Waals surface area contributed by atoms with E-state index in [0.29, 0.717) is 10.0 Å². The minimum absolute atomic E-state index is 0.0234. The van der Waals surface area contributed by atoms with Crippen LogP contribution in [0.25, 0.3) is 11.1 Å². The summed E-state index contributed by atoms with van der Waals surface area (Å²) in [5.41, 5.74) is -0.514. The molecular formula is C17H11BrFN3O3. The molecule has 0 spiro atoms. The molecule has 0 bridgehead atoms. The first-order valence-corrected chi connectivity index (χ1v) is 7.90. The first-order chi connectivity index (χ1) is 12.0. The maximum Gasteiger partial charge on any atom is 0.358 e. The highest BCUT2D eigenvalue weighted by Crippen LogP contribution is 2.31. The lowest BCUT2D eigenvalue weighted by atomic mass is 10.0. The van der Waals surface area contributed by atoms with Crippen molar-refractivity contribution in [3.63, 3.8) is 0 Å². The van der Waals surface area contributed by atoms with Crippen molar-refractivity contribution in [2.24, 2.45) is 0 Å². The number of aromatic amines is 1. The average molecular weight is 404 g/mol. The summed E-state index contributed by atoms with van der Waals surface area (Å²) < 4.78 is 14.7. The number of carbonyl (C=O) groups is 1. The van der Waals surface area contributed by atoms with E-state index >= 15 is 0 Å². The molecule has 0 radical (unpaired) electrons. The zero-order valence-corrected chi connectivity index (χ0v) is 14.2. The summed E-state index contributed by atoms with van der Waals surface area (Å²) in [5.74, 6) is -1.96. The Morgan fingerprint density at radius 3 is 2.56 bits per heavy atom. The maximum absolute atomic E-state index is 14.2. The van der Waals surface area contributed by atoms with Crippen LogP contribution in [0.4, 0.5) is 15.8 Å². The van der Waals surface area contributed by atoms with Crippen molar-refractivity contribution >= 4 is 33.3 Å². The number of rotatable bonds is 4. The highest BCUT2D eigenvalue weighted by molar-refractivity contribution is 9.10. The number of carboxylic acid groups (broad SMARTS) is 1. The van der Waals surface area contributed by atoms with Gasteiger partial charge in [0, 0.05) is 4.47 Å². The summed E-state index contributed by atoms with van der Waals surface area (Å²) in [6.07, 6.45) is 0. The fourth-order valence-electron chi connectivity index (χ4n) is 2.33. The molecule has 8 heteroatoms. The number of nitrogens with one attached hydrogen (secondary N) is 2. The van der Waals surface area contributed by atoms with Crippen LogP contribution in [0, 0.1) is 5.82 Å². The molecular weight excluding hydrogens is 393 g/mol. The Morgan fingerprint density at radius 2 is 1.92 bits per heavy atom. The van der Waals surface area contributed by atoms with Gasteiger partial charge >= 0.3 is 5.97 Å². The second kappa shape index (κ2) is 6.86. The number of aromatic nitrogens is 2. The van der Waals surface area contributed by atoms with E-state index in [4.69, 9.17) is 0 Å². The second-order valence-corrected chi connectivity index (χ2v) is 5.99. The number of nitrogens with zero attached hydrogens (tertiary/aromatic N) is 1. The third-order valence-electron chi connectivity index (χ3n) is 3.44. The number of hydrogen-bond acceptors (Lipinski definition) is 4. The van der Waals surface area contributed by atoms with Crippen LogP contribution in [-0.2, 0) is 0 Å². The zero-order chi connectivity index (χ0) is 18.0. The van der Waals surface area contributed by atoms with Crippen LogP contribution in [0.1, 0.15) is 10.5 Å².